The van der Waals surface area contributed by atoms with Crippen LogP contribution in [-0.4, -0.2) is 37.7 Å². The molecule has 1 aliphatic rings. The van der Waals surface area contributed by atoms with Crippen molar-refractivity contribution in [3.05, 3.63) is 35.4 Å². The molecule has 1 aromatic rings. The number of halogens is 2. The Bertz CT molecular complexity index is 364. The topological polar surface area (TPSA) is 12.5 Å². The monoisotopic (exact) mass is 241 g/mol. The minimum atomic E-state index is -0.776. The summed E-state index contributed by atoms with van der Waals surface area (Å²) in [5, 5.41) is 0. The van der Waals surface area contributed by atoms with E-state index in [1.54, 1.807) is 6.07 Å². The van der Waals surface area contributed by atoms with Crippen molar-refractivity contribution in [2.45, 2.75) is 12.8 Å². The summed E-state index contributed by atoms with van der Waals surface area (Å²) in [7, 11) is 0. The molecule has 0 spiro atoms. The van der Waals surface area contributed by atoms with Gasteiger partial charge in [0.2, 0.25) is 0 Å². The Hall–Kier alpha value is -1.00. The van der Waals surface area contributed by atoms with E-state index in [4.69, 9.17) is 4.74 Å². The molecule has 0 aromatic heterocycles. The number of aryl methyl sites for hydroxylation is 1. The lowest BCUT2D eigenvalue weighted by atomic mass is 10.1. The van der Waals surface area contributed by atoms with Gasteiger partial charge in [0, 0.05) is 13.1 Å². The third kappa shape index (κ3) is 3.75. The Morgan fingerprint density at radius 3 is 2.59 bits per heavy atom. The lowest BCUT2D eigenvalue weighted by molar-refractivity contribution is 0.0374. The van der Waals surface area contributed by atoms with Gasteiger partial charge in [-0.2, -0.15) is 0 Å². The minimum absolute atomic E-state index is 0.756. The largest absolute Gasteiger partial charge is 0.379 e. The molecular formula is C13H17F2NO. The summed E-state index contributed by atoms with van der Waals surface area (Å²) in [4.78, 5) is 2.34. The van der Waals surface area contributed by atoms with E-state index in [0.717, 1.165) is 51.3 Å². The van der Waals surface area contributed by atoms with Gasteiger partial charge in [-0.25, -0.2) is 8.78 Å². The number of rotatable bonds is 4. The normalized spacial score (nSPS) is 17.3. The van der Waals surface area contributed by atoms with Crippen LogP contribution < -0.4 is 0 Å². The number of hydrogen-bond donors (Lipinski definition) is 0. The summed E-state index contributed by atoms with van der Waals surface area (Å²) in [5.41, 5.74) is 0.858. The average Bonchev–Trinajstić information content (AvgIpc) is 2.35. The van der Waals surface area contributed by atoms with Crippen molar-refractivity contribution >= 4 is 0 Å². The van der Waals surface area contributed by atoms with Gasteiger partial charge in [-0.3, -0.25) is 4.90 Å². The van der Waals surface area contributed by atoms with Gasteiger partial charge >= 0.3 is 0 Å². The van der Waals surface area contributed by atoms with Gasteiger partial charge in [0.05, 0.1) is 13.2 Å². The van der Waals surface area contributed by atoms with E-state index >= 15 is 0 Å². The lowest BCUT2D eigenvalue weighted by Gasteiger charge is -2.26. The number of nitrogens with zero attached hydrogens (tertiary/aromatic N) is 1. The van der Waals surface area contributed by atoms with Crippen LogP contribution in [0.1, 0.15) is 12.0 Å². The highest BCUT2D eigenvalue weighted by Crippen LogP contribution is 2.11. The second kappa shape index (κ2) is 6.07. The highest BCUT2D eigenvalue weighted by molar-refractivity contribution is 5.17. The van der Waals surface area contributed by atoms with Crippen molar-refractivity contribution in [3.8, 4) is 0 Å². The highest BCUT2D eigenvalue weighted by Gasteiger charge is 2.09. The van der Waals surface area contributed by atoms with E-state index in [-0.39, 0.29) is 0 Å². The third-order valence-corrected chi connectivity index (χ3v) is 3.03. The van der Waals surface area contributed by atoms with Crippen LogP contribution in [0.15, 0.2) is 18.2 Å². The lowest BCUT2D eigenvalue weighted by Crippen LogP contribution is -2.36. The molecule has 1 saturated heterocycles. The molecule has 0 radical (unpaired) electrons. The summed E-state index contributed by atoms with van der Waals surface area (Å²) in [6, 6.07) is 4.13. The van der Waals surface area contributed by atoms with Crippen molar-refractivity contribution < 1.29 is 13.5 Å². The molecule has 1 heterocycles. The summed E-state index contributed by atoms with van der Waals surface area (Å²) >= 11 is 0. The molecule has 0 atom stereocenters. The zero-order valence-corrected chi connectivity index (χ0v) is 9.79. The number of hydrogen-bond acceptors (Lipinski definition) is 2. The quantitative estimate of drug-likeness (QED) is 0.801. The highest BCUT2D eigenvalue weighted by atomic mass is 19.2. The fraction of sp³-hybridized carbons (Fsp3) is 0.538. The van der Waals surface area contributed by atoms with Gasteiger partial charge in [-0.15, -0.1) is 0 Å². The zero-order chi connectivity index (χ0) is 12.1. The standard InChI is InChI=1S/C13H17F2NO/c14-12-4-3-11(10-13(12)15)2-1-5-16-6-8-17-9-7-16/h3-4,10H,1-2,5-9H2. The van der Waals surface area contributed by atoms with Gasteiger partial charge < -0.3 is 4.74 Å². The summed E-state index contributed by atoms with van der Waals surface area (Å²) in [5.74, 6) is -1.53. The molecular weight excluding hydrogens is 224 g/mol. The van der Waals surface area contributed by atoms with Gasteiger partial charge in [0.1, 0.15) is 0 Å². The van der Waals surface area contributed by atoms with E-state index in [1.165, 1.54) is 12.1 Å². The van der Waals surface area contributed by atoms with Crippen LogP contribution in [0.2, 0.25) is 0 Å². The van der Waals surface area contributed by atoms with E-state index in [9.17, 15) is 8.78 Å². The molecule has 0 N–H and O–H groups in total. The van der Waals surface area contributed by atoms with Gasteiger partial charge in [0.25, 0.3) is 0 Å². The number of ether oxygens (including phenoxy) is 1. The zero-order valence-electron chi connectivity index (χ0n) is 9.79. The Labute approximate surface area is 100 Å². The molecule has 4 heteroatoms. The summed E-state index contributed by atoms with van der Waals surface area (Å²) in [6.07, 6.45) is 1.75. The summed E-state index contributed by atoms with van der Waals surface area (Å²) < 4.78 is 30.9. The van der Waals surface area contributed by atoms with Crippen LogP contribution in [0.25, 0.3) is 0 Å². The Balaban J connectivity index is 1.75. The molecule has 2 nitrogen and oxygen atoms in total. The molecule has 1 aliphatic heterocycles. The summed E-state index contributed by atoms with van der Waals surface area (Å²) in [6.45, 7) is 4.52. The predicted octanol–water partition coefficient (Wildman–Crippen LogP) is 2.23. The fourth-order valence-corrected chi connectivity index (χ4v) is 2.03. The third-order valence-electron chi connectivity index (χ3n) is 3.03. The number of benzene rings is 1. The van der Waals surface area contributed by atoms with Crippen LogP contribution in [-0.2, 0) is 11.2 Å². The SMILES string of the molecule is Fc1ccc(CCCN2CCOCC2)cc1F. The molecule has 0 saturated carbocycles. The molecule has 0 unspecified atom stereocenters. The Kier molecular flexibility index (Phi) is 4.45. The molecule has 0 bridgehead atoms. The first-order valence-corrected chi connectivity index (χ1v) is 6.00. The Morgan fingerprint density at radius 2 is 1.88 bits per heavy atom. The van der Waals surface area contributed by atoms with E-state index in [0.29, 0.717) is 0 Å². The van der Waals surface area contributed by atoms with Gasteiger partial charge in [-0.1, -0.05) is 6.07 Å². The van der Waals surface area contributed by atoms with Crippen molar-refractivity contribution in [1.29, 1.82) is 0 Å². The van der Waals surface area contributed by atoms with Crippen molar-refractivity contribution in [3.63, 3.8) is 0 Å². The van der Waals surface area contributed by atoms with Crippen LogP contribution >= 0.6 is 0 Å². The number of morpholine rings is 1. The maximum absolute atomic E-state index is 13.0. The van der Waals surface area contributed by atoms with Crippen LogP contribution in [0.3, 0.4) is 0 Å². The molecule has 2 rings (SSSR count). The minimum Gasteiger partial charge on any atom is -0.379 e. The van der Waals surface area contributed by atoms with Crippen molar-refractivity contribution in [1.82, 2.24) is 4.90 Å². The molecule has 1 aromatic carbocycles. The average molecular weight is 241 g/mol. The molecule has 0 amide bonds. The van der Waals surface area contributed by atoms with Crippen molar-refractivity contribution in [2.24, 2.45) is 0 Å². The fourth-order valence-electron chi connectivity index (χ4n) is 2.03. The molecule has 0 aliphatic carbocycles. The first-order chi connectivity index (χ1) is 8.25. The first kappa shape index (κ1) is 12.5. The molecule has 94 valence electrons. The van der Waals surface area contributed by atoms with Crippen LogP contribution in [0, 0.1) is 11.6 Å². The molecule has 17 heavy (non-hydrogen) atoms. The second-order valence-corrected chi connectivity index (χ2v) is 4.31. The maximum atomic E-state index is 13.0. The van der Waals surface area contributed by atoms with E-state index in [2.05, 4.69) is 4.90 Å². The molecule has 1 fully saturated rings. The van der Waals surface area contributed by atoms with E-state index < -0.39 is 11.6 Å². The van der Waals surface area contributed by atoms with Crippen LogP contribution in [0.5, 0.6) is 0 Å². The maximum Gasteiger partial charge on any atom is 0.159 e. The van der Waals surface area contributed by atoms with Gasteiger partial charge in [0.15, 0.2) is 11.6 Å². The van der Waals surface area contributed by atoms with Gasteiger partial charge in [-0.05, 0) is 37.1 Å². The van der Waals surface area contributed by atoms with Crippen molar-refractivity contribution in [2.75, 3.05) is 32.8 Å². The predicted molar refractivity (Wildman–Crippen MR) is 61.9 cm³/mol. The van der Waals surface area contributed by atoms with E-state index in [1.807, 2.05) is 0 Å². The smallest absolute Gasteiger partial charge is 0.159 e. The second-order valence-electron chi connectivity index (χ2n) is 4.31. The van der Waals surface area contributed by atoms with Crippen LogP contribution in [0.4, 0.5) is 8.78 Å². The first-order valence-electron chi connectivity index (χ1n) is 6.00. The Morgan fingerprint density at radius 1 is 1.12 bits per heavy atom.